The van der Waals surface area contributed by atoms with Crippen LogP contribution in [-0.4, -0.2) is 37.0 Å². The highest BCUT2D eigenvalue weighted by molar-refractivity contribution is 5.87. The first-order chi connectivity index (χ1) is 12.4. The largest absolute Gasteiger partial charge is 0.497 e. The molecule has 0 saturated heterocycles. The number of fused-ring (bicyclic) bond motifs is 1. The Morgan fingerprint density at radius 2 is 1.92 bits per heavy atom. The van der Waals surface area contributed by atoms with E-state index in [1.54, 1.807) is 25.1 Å². The SMILES string of the molecule is COc1cc(F)cc(-c2cc(C)c3ccc(CC(=O)N(C)C)cc3n2)c1. The molecule has 2 aromatic carbocycles. The maximum atomic E-state index is 13.8. The van der Waals surface area contributed by atoms with E-state index in [9.17, 15) is 9.18 Å². The van der Waals surface area contributed by atoms with Gasteiger partial charge in [0.1, 0.15) is 11.6 Å². The average molecular weight is 352 g/mol. The Bertz CT molecular complexity index is 983. The summed E-state index contributed by atoms with van der Waals surface area (Å²) in [6.45, 7) is 1.99. The Morgan fingerprint density at radius 1 is 1.15 bits per heavy atom. The summed E-state index contributed by atoms with van der Waals surface area (Å²) in [6, 6.07) is 12.3. The van der Waals surface area contributed by atoms with Gasteiger partial charge in [0, 0.05) is 31.1 Å². The van der Waals surface area contributed by atoms with Gasteiger partial charge in [-0.05, 0) is 42.3 Å². The van der Waals surface area contributed by atoms with Crippen LogP contribution in [0.4, 0.5) is 4.39 Å². The Kier molecular flexibility index (Phi) is 4.89. The number of benzene rings is 2. The molecule has 0 fully saturated rings. The van der Waals surface area contributed by atoms with E-state index < -0.39 is 0 Å². The highest BCUT2D eigenvalue weighted by atomic mass is 19.1. The standard InChI is InChI=1S/C21H21FN2O2/c1-13-7-19(15-10-16(22)12-17(11-15)26-4)23-20-8-14(5-6-18(13)20)9-21(25)24(2)3/h5-8,10-12H,9H2,1-4H3. The van der Waals surface area contributed by atoms with Crippen LogP contribution in [0.5, 0.6) is 5.75 Å². The van der Waals surface area contributed by atoms with E-state index in [1.165, 1.54) is 19.2 Å². The summed E-state index contributed by atoms with van der Waals surface area (Å²) in [4.78, 5) is 18.2. The maximum Gasteiger partial charge on any atom is 0.226 e. The van der Waals surface area contributed by atoms with Crippen LogP contribution in [0.15, 0.2) is 42.5 Å². The Morgan fingerprint density at radius 3 is 2.62 bits per heavy atom. The molecule has 5 heteroatoms. The van der Waals surface area contributed by atoms with Crippen molar-refractivity contribution in [2.45, 2.75) is 13.3 Å². The van der Waals surface area contributed by atoms with E-state index in [1.807, 2.05) is 31.2 Å². The molecule has 0 bridgehead atoms. The van der Waals surface area contributed by atoms with Gasteiger partial charge in [0.25, 0.3) is 0 Å². The van der Waals surface area contributed by atoms with Gasteiger partial charge in [-0.15, -0.1) is 0 Å². The number of aromatic nitrogens is 1. The lowest BCUT2D eigenvalue weighted by atomic mass is 10.0. The molecule has 0 aliphatic heterocycles. The molecule has 134 valence electrons. The van der Waals surface area contributed by atoms with E-state index in [0.29, 0.717) is 23.4 Å². The second kappa shape index (κ2) is 7.12. The second-order valence-electron chi connectivity index (χ2n) is 6.52. The van der Waals surface area contributed by atoms with Gasteiger partial charge in [-0.3, -0.25) is 4.79 Å². The molecule has 4 nitrogen and oxygen atoms in total. The van der Waals surface area contributed by atoms with Crippen LogP contribution in [-0.2, 0) is 11.2 Å². The summed E-state index contributed by atoms with van der Waals surface area (Å²) < 4.78 is 19.0. The van der Waals surface area contributed by atoms with Crippen molar-refractivity contribution in [2.24, 2.45) is 0 Å². The molecule has 0 aliphatic carbocycles. The van der Waals surface area contributed by atoms with Crippen LogP contribution >= 0.6 is 0 Å². The molecule has 0 aliphatic rings. The third kappa shape index (κ3) is 3.67. The summed E-state index contributed by atoms with van der Waals surface area (Å²) in [5.41, 5.74) is 4.05. The van der Waals surface area contributed by atoms with Crippen molar-refractivity contribution in [2.75, 3.05) is 21.2 Å². The minimum atomic E-state index is -0.371. The lowest BCUT2D eigenvalue weighted by molar-refractivity contribution is -0.127. The van der Waals surface area contributed by atoms with E-state index in [-0.39, 0.29) is 11.7 Å². The molecule has 0 unspecified atom stereocenters. The molecule has 3 rings (SSSR count). The third-order valence-electron chi connectivity index (χ3n) is 4.34. The zero-order valence-electron chi connectivity index (χ0n) is 15.3. The number of methoxy groups -OCH3 is 1. The van der Waals surface area contributed by atoms with Gasteiger partial charge >= 0.3 is 0 Å². The lowest BCUT2D eigenvalue weighted by Crippen LogP contribution is -2.23. The number of likely N-dealkylation sites (N-methyl/N-ethyl adjacent to an activating group) is 1. The van der Waals surface area contributed by atoms with Crippen LogP contribution in [0.1, 0.15) is 11.1 Å². The van der Waals surface area contributed by atoms with Crippen molar-refractivity contribution < 1.29 is 13.9 Å². The number of amides is 1. The van der Waals surface area contributed by atoms with Gasteiger partial charge in [-0.25, -0.2) is 9.37 Å². The van der Waals surface area contributed by atoms with Crippen LogP contribution in [0.2, 0.25) is 0 Å². The number of carbonyl (C=O) groups is 1. The van der Waals surface area contributed by atoms with Gasteiger partial charge in [0.05, 0.1) is 24.7 Å². The number of hydrogen-bond donors (Lipinski definition) is 0. The minimum absolute atomic E-state index is 0.0343. The third-order valence-corrected chi connectivity index (χ3v) is 4.34. The second-order valence-corrected chi connectivity index (χ2v) is 6.52. The molecule has 0 radical (unpaired) electrons. The molecule has 0 saturated carbocycles. The zero-order chi connectivity index (χ0) is 18.8. The van der Waals surface area contributed by atoms with Crippen LogP contribution in [0.25, 0.3) is 22.2 Å². The Hall–Kier alpha value is -2.95. The number of hydrogen-bond acceptors (Lipinski definition) is 3. The molecule has 0 N–H and O–H groups in total. The predicted octanol–water partition coefficient (Wildman–Crippen LogP) is 3.99. The maximum absolute atomic E-state index is 13.8. The van der Waals surface area contributed by atoms with Crippen molar-refractivity contribution in [3.05, 3.63) is 59.4 Å². The smallest absolute Gasteiger partial charge is 0.226 e. The fraction of sp³-hybridized carbons (Fsp3) is 0.238. The Labute approximate surface area is 152 Å². The summed E-state index contributed by atoms with van der Waals surface area (Å²) in [7, 11) is 4.98. The summed E-state index contributed by atoms with van der Waals surface area (Å²) in [6.07, 6.45) is 0.321. The number of ether oxygens (including phenoxy) is 1. The predicted molar refractivity (Wildman–Crippen MR) is 101 cm³/mol. The van der Waals surface area contributed by atoms with Crippen LogP contribution < -0.4 is 4.74 Å². The van der Waals surface area contributed by atoms with Crippen LogP contribution in [0.3, 0.4) is 0 Å². The van der Waals surface area contributed by atoms with E-state index in [2.05, 4.69) is 4.98 Å². The highest BCUT2D eigenvalue weighted by Gasteiger charge is 2.11. The van der Waals surface area contributed by atoms with Crippen molar-refractivity contribution in [1.82, 2.24) is 9.88 Å². The quantitative estimate of drug-likeness (QED) is 0.713. The molecule has 0 spiro atoms. The van der Waals surface area contributed by atoms with Gasteiger partial charge in [0.15, 0.2) is 0 Å². The number of rotatable bonds is 4. The molecule has 1 amide bonds. The van der Waals surface area contributed by atoms with Crippen molar-refractivity contribution in [1.29, 1.82) is 0 Å². The number of nitrogens with zero attached hydrogens (tertiary/aromatic N) is 2. The summed E-state index contributed by atoms with van der Waals surface area (Å²) >= 11 is 0. The number of halogens is 1. The fourth-order valence-corrected chi connectivity index (χ4v) is 2.87. The molecule has 26 heavy (non-hydrogen) atoms. The summed E-state index contributed by atoms with van der Waals surface area (Å²) in [5.74, 6) is 0.112. The molecule has 1 heterocycles. The number of pyridine rings is 1. The molecular weight excluding hydrogens is 331 g/mol. The van der Waals surface area contributed by atoms with Gasteiger partial charge < -0.3 is 9.64 Å². The lowest BCUT2D eigenvalue weighted by Gasteiger charge is -2.12. The van der Waals surface area contributed by atoms with Gasteiger partial charge in [0.2, 0.25) is 5.91 Å². The van der Waals surface area contributed by atoms with Gasteiger partial charge in [-0.1, -0.05) is 12.1 Å². The first-order valence-electron chi connectivity index (χ1n) is 8.33. The molecular formula is C21H21FN2O2. The topological polar surface area (TPSA) is 42.4 Å². The van der Waals surface area contributed by atoms with E-state index in [4.69, 9.17) is 4.74 Å². The Balaban J connectivity index is 2.08. The number of carbonyl (C=O) groups excluding carboxylic acids is 1. The van der Waals surface area contributed by atoms with Gasteiger partial charge in [-0.2, -0.15) is 0 Å². The van der Waals surface area contributed by atoms with Crippen molar-refractivity contribution in [3.63, 3.8) is 0 Å². The first-order valence-corrected chi connectivity index (χ1v) is 8.33. The highest BCUT2D eigenvalue weighted by Crippen LogP contribution is 2.28. The monoisotopic (exact) mass is 352 g/mol. The molecule has 3 aromatic rings. The minimum Gasteiger partial charge on any atom is -0.497 e. The van der Waals surface area contributed by atoms with E-state index in [0.717, 1.165) is 22.0 Å². The zero-order valence-corrected chi connectivity index (χ0v) is 15.3. The number of aryl methyl sites for hydroxylation is 1. The molecule has 1 aromatic heterocycles. The fourth-order valence-electron chi connectivity index (χ4n) is 2.87. The first kappa shape index (κ1) is 17.9. The normalized spacial score (nSPS) is 10.8. The van der Waals surface area contributed by atoms with Crippen molar-refractivity contribution >= 4 is 16.8 Å². The van der Waals surface area contributed by atoms with Crippen LogP contribution in [0, 0.1) is 12.7 Å². The summed E-state index contributed by atoms with van der Waals surface area (Å²) in [5, 5.41) is 1.01. The van der Waals surface area contributed by atoms with Crippen molar-refractivity contribution in [3.8, 4) is 17.0 Å². The van der Waals surface area contributed by atoms with E-state index >= 15 is 0 Å². The average Bonchev–Trinajstić information content (AvgIpc) is 2.60. The molecule has 0 atom stereocenters.